The minimum Gasteiger partial charge on any atom is -0.344 e. The van der Waals surface area contributed by atoms with Gasteiger partial charge in [0.25, 0.3) is 0 Å². The van der Waals surface area contributed by atoms with Crippen LogP contribution in [-0.2, 0) is 4.79 Å². The number of carbonyl (C=O) groups is 1. The Balaban J connectivity index is 1.19. The molecular weight excluding hydrogens is 410 g/mol. The molecule has 12 heteroatoms. The summed E-state index contributed by atoms with van der Waals surface area (Å²) in [7, 11) is 0. The Bertz CT molecular complexity index is 1070. The third-order valence-corrected chi connectivity index (χ3v) is 6.20. The number of piperazine rings is 1. The topological polar surface area (TPSA) is 104 Å². The lowest BCUT2D eigenvalue weighted by molar-refractivity contribution is -0.117. The van der Waals surface area contributed by atoms with Gasteiger partial charge in [0.05, 0.1) is 18.4 Å². The Morgan fingerprint density at radius 1 is 1.24 bits per heavy atom. The Hall–Kier alpha value is -2.96. The van der Waals surface area contributed by atoms with Crippen molar-refractivity contribution in [2.75, 3.05) is 42.9 Å². The maximum Gasteiger partial charge on any atom is 0.240 e. The quantitative estimate of drug-likeness (QED) is 0.511. The second-order valence-corrected chi connectivity index (χ2v) is 8.30. The van der Waals surface area contributed by atoms with Crippen LogP contribution in [0.1, 0.15) is 0 Å². The first-order chi connectivity index (χ1) is 14.2. The van der Waals surface area contributed by atoms with Gasteiger partial charge in [-0.25, -0.2) is 9.50 Å². The number of amides is 1. The zero-order valence-electron chi connectivity index (χ0n) is 15.3. The summed E-state index contributed by atoms with van der Waals surface area (Å²) in [5.74, 6) is -0.0640. The Morgan fingerprint density at radius 2 is 2.14 bits per heavy atom. The molecule has 0 saturated carbocycles. The minimum absolute atomic E-state index is 0.0640. The fraction of sp³-hybridized carbons (Fsp3) is 0.294. The van der Waals surface area contributed by atoms with Crippen LogP contribution in [-0.4, -0.2) is 73.3 Å². The standard InChI is InChI=1S/C17H17N9OS2/c27-14(21-15-22-19-11-28-15)10-24-4-6-25(7-5-24)17-23-26-9-13(20-16(26)29-17)12-2-1-3-18-8-12/h1-3,8-9,11H,4-7,10H2,(H,21,22,27). The number of anilines is 2. The highest BCUT2D eigenvalue weighted by molar-refractivity contribution is 7.20. The summed E-state index contributed by atoms with van der Waals surface area (Å²) in [5, 5.41) is 16.5. The third-order valence-electron chi connectivity index (χ3n) is 4.61. The van der Waals surface area contributed by atoms with Crippen molar-refractivity contribution in [3.05, 3.63) is 36.2 Å². The fourth-order valence-electron chi connectivity index (χ4n) is 3.16. The summed E-state index contributed by atoms with van der Waals surface area (Å²) in [6.45, 7) is 3.58. The average molecular weight is 428 g/mol. The van der Waals surface area contributed by atoms with E-state index in [0.717, 1.165) is 47.5 Å². The molecule has 1 amide bonds. The van der Waals surface area contributed by atoms with Crippen molar-refractivity contribution in [3.8, 4) is 11.3 Å². The molecule has 1 N–H and O–H groups in total. The number of rotatable bonds is 5. The second kappa shape index (κ2) is 7.81. The van der Waals surface area contributed by atoms with Crippen molar-refractivity contribution < 1.29 is 4.79 Å². The Morgan fingerprint density at radius 3 is 2.86 bits per heavy atom. The number of fused-ring (bicyclic) bond motifs is 1. The van der Waals surface area contributed by atoms with Gasteiger partial charge in [-0.3, -0.25) is 20.0 Å². The zero-order chi connectivity index (χ0) is 19.6. The summed E-state index contributed by atoms with van der Waals surface area (Å²) in [6.07, 6.45) is 5.48. The Kier molecular flexibility index (Phi) is 4.87. The van der Waals surface area contributed by atoms with Crippen LogP contribution in [0.25, 0.3) is 16.2 Å². The van der Waals surface area contributed by atoms with E-state index >= 15 is 0 Å². The molecule has 1 saturated heterocycles. The van der Waals surface area contributed by atoms with E-state index in [1.807, 2.05) is 22.8 Å². The van der Waals surface area contributed by atoms with Crippen molar-refractivity contribution in [3.63, 3.8) is 0 Å². The van der Waals surface area contributed by atoms with Gasteiger partial charge >= 0.3 is 0 Å². The van der Waals surface area contributed by atoms with Crippen LogP contribution in [0, 0.1) is 0 Å². The molecule has 1 aliphatic heterocycles. The maximum atomic E-state index is 12.1. The molecule has 4 aromatic heterocycles. The first-order valence-electron chi connectivity index (χ1n) is 9.04. The average Bonchev–Trinajstić information content (AvgIpc) is 3.46. The SMILES string of the molecule is O=C(CN1CCN(c2nn3cc(-c4cccnc4)nc3s2)CC1)Nc1nncs1. The monoisotopic (exact) mass is 427 g/mol. The van der Waals surface area contributed by atoms with Gasteiger partial charge in [0.15, 0.2) is 0 Å². The van der Waals surface area contributed by atoms with E-state index in [0.29, 0.717) is 11.7 Å². The van der Waals surface area contributed by atoms with Crippen molar-refractivity contribution in [2.24, 2.45) is 0 Å². The van der Waals surface area contributed by atoms with Crippen molar-refractivity contribution in [2.45, 2.75) is 0 Å². The molecule has 0 atom stereocenters. The Labute approximate surface area is 173 Å². The van der Waals surface area contributed by atoms with Crippen LogP contribution in [0.3, 0.4) is 0 Å². The number of imidazole rings is 1. The number of aromatic nitrogens is 6. The van der Waals surface area contributed by atoms with Crippen LogP contribution in [0.2, 0.25) is 0 Å². The van der Waals surface area contributed by atoms with Gasteiger partial charge in [-0.15, -0.1) is 15.3 Å². The normalized spacial score (nSPS) is 15.1. The van der Waals surface area contributed by atoms with E-state index in [-0.39, 0.29) is 5.91 Å². The van der Waals surface area contributed by atoms with Crippen LogP contribution < -0.4 is 10.2 Å². The molecular formula is C17H17N9OS2. The first kappa shape index (κ1) is 18.1. The van der Waals surface area contributed by atoms with E-state index in [1.54, 1.807) is 29.2 Å². The highest BCUT2D eigenvalue weighted by atomic mass is 32.1. The van der Waals surface area contributed by atoms with Gasteiger partial charge in [0.1, 0.15) is 5.51 Å². The predicted molar refractivity (Wildman–Crippen MR) is 111 cm³/mol. The molecule has 10 nitrogen and oxygen atoms in total. The molecule has 0 aliphatic carbocycles. The van der Waals surface area contributed by atoms with E-state index in [9.17, 15) is 4.79 Å². The molecule has 1 fully saturated rings. The highest BCUT2D eigenvalue weighted by Gasteiger charge is 2.22. The summed E-state index contributed by atoms with van der Waals surface area (Å²) < 4.78 is 1.82. The van der Waals surface area contributed by atoms with E-state index < -0.39 is 0 Å². The minimum atomic E-state index is -0.0640. The summed E-state index contributed by atoms with van der Waals surface area (Å²) in [4.78, 5) is 26.1. The van der Waals surface area contributed by atoms with Gasteiger partial charge in [-0.2, -0.15) is 0 Å². The van der Waals surface area contributed by atoms with E-state index in [4.69, 9.17) is 0 Å². The van der Waals surface area contributed by atoms with Gasteiger partial charge < -0.3 is 4.90 Å². The lowest BCUT2D eigenvalue weighted by Gasteiger charge is -2.33. The van der Waals surface area contributed by atoms with E-state index in [2.05, 4.69) is 40.4 Å². The molecule has 4 aromatic rings. The van der Waals surface area contributed by atoms with E-state index in [1.165, 1.54) is 11.3 Å². The number of hydrogen-bond donors (Lipinski definition) is 1. The van der Waals surface area contributed by atoms with Crippen molar-refractivity contribution >= 4 is 43.8 Å². The van der Waals surface area contributed by atoms with Crippen LogP contribution in [0.5, 0.6) is 0 Å². The zero-order valence-corrected chi connectivity index (χ0v) is 16.9. The third kappa shape index (κ3) is 3.95. The maximum absolute atomic E-state index is 12.1. The highest BCUT2D eigenvalue weighted by Crippen LogP contribution is 2.27. The summed E-state index contributed by atoms with van der Waals surface area (Å²) in [6, 6.07) is 3.88. The molecule has 0 bridgehead atoms. The lowest BCUT2D eigenvalue weighted by atomic mass is 10.2. The van der Waals surface area contributed by atoms with Gasteiger partial charge in [0, 0.05) is 44.1 Å². The molecule has 0 aromatic carbocycles. The first-order valence-corrected chi connectivity index (χ1v) is 10.7. The largest absolute Gasteiger partial charge is 0.344 e. The van der Waals surface area contributed by atoms with Crippen LogP contribution in [0.4, 0.5) is 10.3 Å². The van der Waals surface area contributed by atoms with Crippen molar-refractivity contribution in [1.82, 2.24) is 34.7 Å². The van der Waals surface area contributed by atoms with Gasteiger partial charge in [-0.1, -0.05) is 22.7 Å². The number of carbonyl (C=O) groups excluding carboxylic acids is 1. The van der Waals surface area contributed by atoms with Gasteiger partial charge in [-0.05, 0) is 12.1 Å². The molecule has 5 heterocycles. The molecule has 29 heavy (non-hydrogen) atoms. The van der Waals surface area contributed by atoms with Crippen LogP contribution >= 0.6 is 22.7 Å². The molecule has 1 aliphatic rings. The molecule has 0 radical (unpaired) electrons. The number of hydrogen-bond acceptors (Lipinski definition) is 10. The number of nitrogens with zero attached hydrogens (tertiary/aromatic N) is 8. The summed E-state index contributed by atoms with van der Waals surface area (Å²) >= 11 is 2.89. The molecule has 148 valence electrons. The smallest absolute Gasteiger partial charge is 0.240 e. The summed E-state index contributed by atoms with van der Waals surface area (Å²) in [5.41, 5.74) is 3.45. The number of nitrogens with one attached hydrogen (secondary N) is 1. The van der Waals surface area contributed by atoms with Crippen LogP contribution in [0.15, 0.2) is 36.2 Å². The lowest BCUT2D eigenvalue weighted by Crippen LogP contribution is -2.48. The number of pyridine rings is 1. The van der Waals surface area contributed by atoms with Crippen molar-refractivity contribution in [1.29, 1.82) is 0 Å². The molecule has 5 rings (SSSR count). The second-order valence-electron chi connectivity index (χ2n) is 6.53. The molecule has 0 spiro atoms. The fourth-order valence-corrected chi connectivity index (χ4v) is 4.55. The predicted octanol–water partition coefficient (Wildman–Crippen LogP) is 1.46. The molecule has 0 unspecified atom stereocenters. The van der Waals surface area contributed by atoms with Gasteiger partial charge in [0.2, 0.25) is 21.1 Å².